The molecule has 0 aliphatic rings. The first kappa shape index (κ1) is 26.3. The van der Waals surface area contributed by atoms with Crippen molar-refractivity contribution in [2.75, 3.05) is 36.5 Å². The van der Waals surface area contributed by atoms with Crippen molar-refractivity contribution in [3.8, 4) is 11.3 Å². The molecule has 0 aliphatic heterocycles. The lowest BCUT2D eigenvalue weighted by atomic mass is 10.0. The summed E-state index contributed by atoms with van der Waals surface area (Å²) in [4.78, 5) is 48.6. The average molecular weight is 490 g/mol. The minimum Gasteiger partial charge on any atom is -0.450 e. The van der Waals surface area contributed by atoms with Crippen LogP contribution in [0.3, 0.4) is 0 Å². The molecule has 9 heteroatoms. The molecular weight excluding hydrogens is 458 g/mol. The predicted molar refractivity (Wildman–Crippen MR) is 139 cm³/mol. The van der Waals surface area contributed by atoms with Crippen LogP contribution >= 0.6 is 0 Å². The number of hydrogen-bond acceptors (Lipinski definition) is 6. The van der Waals surface area contributed by atoms with Crippen LogP contribution in [-0.4, -0.2) is 54.6 Å². The molecule has 2 heterocycles. The van der Waals surface area contributed by atoms with E-state index in [9.17, 15) is 14.4 Å². The number of anilines is 2. The molecule has 0 radical (unpaired) electrons. The van der Waals surface area contributed by atoms with Crippen LogP contribution in [0.5, 0.6) is 0 Å². The quantitative estimate of drug-likeness (QED) is 0.510. The van der Waals surface area contributed by atoms with Crippen molar-refractivity contribution in [1.29, 1.82) is 0 Å². The van der Waals surface area contributed by atoms with E-state index in [2.05, 4.69) is 15.3 Å². The van der Waals surface area contributed by atoms with Gasteiger partial charge >= 0.3 is 6.09 Å². The van der Waals surface area contributed by atoms with Crippen molar-refractivity contribution < 1.29 is 19.1 Å². The molecule has 3 aromatic rings. The molecule has 0 fully saturated rings. The average Bonchev–Trinajstić information content (AvgIpc) is 2.86. The highest BCUT2D eigenvalue weighted by Gasteiger charge is 2.18. The van der Waals surface area contributed by atoms with E-state index in [0.29, 0.717) is 17.8 Å². The molecular formula is C27H31N5O4. The van der Waals surface area contributed by atoms with Gasteiger partial charge in [-0.15, -0.1) is 0 Å². The molecule has 0 atom stereocenters. The van der Waals surface area contributed by atoms with Crippen LogP contribution in [0.25, 0.3) is 11.3 Å². The highest BCUT2D eigenvalue weighted by molar-refractivity contribution is 6.06. The molecule has 0 saturated carbocycles. The minimum absolute atomic E-state index is 0.134. The van der Waals surface area contributed by atoms with E-state index in [0.717, 1.165) is 28.2 Å². The van der Waals surface area contributed by atoms with E-state index in [4.69, 9.17) is 4.74 Å². The summed E-state index contributed by atoms with van der Waals surface area (Å²) in [6, 6.07) is 12.9. The van der Waals surface area contributed by atoms with Crippen molar-refractivity contribution in [2.24, 2.45) is 0 Å². The summed E-state index contributed by atoms with van der Waals surface area (Å²) in [5.74, 6) is -0.310. The standard InChI is InChI=1S/C27H31N5O4/c1-6-36-27(35)29-14-15-32(20(4)33)24-12-10-21(16-18(24)2)23-11-9-22(17-30-23)26(34)31(5)25-8-7-13-28-19(25)3/h7-13,16-17H,6,14-15H2,1-5H3,(H,29,35). The van der Waals surface area contributed by atoms with E-state index in [1.165, 1.54) is 6.92 Å². The lowest BCUT2D eigenvalue weighted by molar-refractivity contribution is -0.116. The van der Waals surface area contributed by atoms with Crippen LogP contribution in [0.1, 0.15) is 35.5 Å². The zero-order chi connectivity index (χ0) is 26.2. The first-order valence-corrected chi connectivity index (χ1v) is 11.7. The van der Waals surface area contributed by atoms with Gasteiger partial charge in [0.2, 0.25) is 5.91 Å². The van der Waals surface area contributed by atoms with Crippen molar-refractivity contribution in [3.63, 3.8) is 0 Å². The maximum Gasteiger partial charge on any atom is 0.407 e. The highest BCUT2D eigenvalue weighted by Crippen LogP contribution is 2.27. The normalized spacial score (nSPS) is 10.5. The molecule has 9 nitrogen and oxygen atoms in total. The van der Waals surface area contributed by atoms with Crippen molar-refractivity contribution in [1.82, 2.24) is 15.3 Å². The molecule has 36 heavy (non-hydrogen) atoms. The van der Waals surface area contributed by atoms with Gasteiger partial charge in [0.1, 0.15) is 0 Å². The summed E-state index contributed by atoms with van der Waals surface area (Å²) < 4.78 is 4.86. The Morgan fingerprint density at radius 2 is 1.81 bits per heavy atom. The van der Waals surface area contributed by atoms with E-state index in [-0.39, 0.29) is 25.0 Å². The SMILES string of the molecule is CCOC(=O)NCCN(C(C)=O)c1ccc(-c2ccc(C(=O)N(C)c3cccnc3C)cn2)cc1C. The lowest BCUT2D eigenvalue weighted by Crippen LogP contribution is -2.38. The van der Waals surface area contributed by atoms with Gasteiger partial charge in [-0.1, -0.05) is 6.07 Å². The van der Waals surface area contributed by atoms with Crippen LogP contribution in [0.15, 0.2) is 54.9 Å². The highest BCUT2D eigenvalue weighted by atomic mass is 16.5. The van der Waals surface area contributed by atoms with Gasteiger partial charge in [0.05, 0.1) is 29.2 Å². The Bertz CT molecular complexity index is 1240. The van der Waals surface area contributed by atoms with Crippen LogP contribution in [0, 0.1) is 13.8 Å². The van der Waals surface area contributed by atoms with Crippen molar-refractivity contribution in [2.45, 2.75) is 27.7 Å². The van der Waals surface area contributed by atoms with Gasteiger partial charge in [-0.25, -0.2) is 4.79 Å². The maximum absolute atomic E-state index is 12.9. The fraction of sp³-hybridized carbons (Fsp3) is 0.296. The Morgan fingerprint density at radius 1 is 1.03 bits per heavy atom. The zero-order valence-corrected chi connectivity index (χ0v) is 21.2. The first-order chi connectivity index (χ1) is 17.2. The number of carbonyl (C=O) groups excluding carboxylic acids is 3. The van der Waals surface area contributed by atoms with E-state index < -0.39 is 6.09 Å². The Hall–Kier alpha value is -4.27. The number of rotatable bonds is 8. The second kappa shape index (κ2) is 11.9. The van der Waals surface area contributed by atoms with Crippen molar-refractivity contribution in [3.05, 3.63) is 71.7 Å². The summed E-state index contributed by atoms with van der Waals surface area (Å²) in [6.07, 6.45) is 2.74. The second-order valence-electron chi connectivity index (χ2n) is 8.22. The number of aryl methyl sites for hydroxylation is 2. The number of pyridine rings is 2. The van der Waals surface area contributed by atoms with Gasteiger partial charge in [-0.3, -0.25) is 19.6 Å². The maximum atomic E-state index is 12.9. The van der Waals surface area contributed by atoms with Crippen LogP contribution in [0.2, 0.25) is 0 Å². The van der Waals surface area contributed by atoms with Gasteiger partial charge in [-0.05, 0) is 62.7 Å². The summed E-state index contributed by atoms with van der Waals surface area (Å²) in [7, 11) is 1.71. The number of aromatic nitrogens is 2. The van der Waals surface area contributed by atoms with Gasteiger partial charge in [0, 0.05) is 50.7 Å². The second-order valence-corrected chi connectivity index (χ2v) is 8.22. The summed E-state index contributed by atoms with van der Waals surface area (Å²) in [6.45, 7) is 7.85. The Morgan fingerprint density at radius 3 is 2.42 bits per heavy atom. The molecule has 3 rings (SSSR count). The number of nitrogens with one attached hydrogen (secondary N) is 1. The Kier molecular flexibility index (Phi) is 8.72. The van der Waals surface area contributed by atoms with E-state index in [1.54, 1.807) is 54.4 Å². The molecule has 188 valence electrons. The minimum atomic E-state index is -0.511. The molecule has 0 unspecified atom stereocenters. The van der Waals surface area contributed by atoms with E-state index >= 15 is 0 Å². The summed E-state index contributed by atoms with van der Waals surface area (Å²) in [5.41, 5.74) is 5.18. The third kappa shape index (κ3) is 6.24. The lowest BCUT2D eigenvalue weighted by Gasteiger charge is -2.23. The molecule has 0 spiro atoms. The first-order valence-electron chi connectivity index (χ1n) is 11.7. The monoisotopic (exact) mass is 489 g/mol. The van der Waals surface area contributed by atoms with Crippen LogP contribution in [0.4, 0.5) is 16.2 Å². The van der Waals surface area contributed by atoms with Gasteiger partial charge in [0.15, 0.2) is 0 Å². The number of amides is 3. The largest absolute Gasteiger partial charge is 0.450 e. The zero-order valence-electron chi connectivity index (χ0n) is 21.2. The van der Waals surface area contributed by atoms with Gasteiger partial charge in [-0.2, -0.15) is 0 Å². The molecule has 0 saturated heterocycles. The fourth-order valence-electron chi connectivity index (χ4n) is 3.84. The number of alkyl carbamates (subject to hydrolysis) is 1. The topological polar surface area (TPSA) is 105 Å². The van der Waals surface area contributed by atoms with Crippen molar-refractivity contribution >= 4 is 29.3 Å². The number of ether oxygens (including phenoxy) is 1. The fourth-order valence-corrected chi connectivity index (χ4v) is 3.84. The Labute approximate surface area is 211 Å². The van der Waals surface area contributed by atoms with Crippen LogP contribution in [-0.2, 0) is 9.53 Å². The Balaban J connectivity index is 1.74. The third-order valence-corrected chi connectivity index (χ3v) is 5.70. The van der Waals surface area contributed by atoms with Gasteiger partial charge < -0.3 is 19.9 Å². The number of nitrogens with zero attached hydrogens (tertiary/aromatic N) is 4. The number of benzene rings is 1. The molecule has 3 amide bonds. The molecule has 0 aliphatic carbocycles. The van der Waals surface area contributed by atoms with Crippen LogP contribution < -0.4 is 15.1 Å². The smallest absolute Gasteiger partial charge is 0.407 e. The van der Waals surface area contributed by atoms with E-state index in [1.807, 2.05) is 38.1 Å². The van der Waals surface area contributed by atoms with Gasteiger partial charge in [0.25, 0.3) is 5.91 Å². The summed E-state index contributed by atoms with van der Waals surface area (Å²) >= 11 is 0. The third-order valence-electron chi connectivity index (χ3n) is 5.70. The predicted octanol–water partition coefficient (Wildman–Crippen LogP) is 4.14. The molecule has 1 N–H and O–H groups in total. The molecule has 2 aromatic heterocycles. The number of hydrogen-bond donors (Lipinski definition) is 1. The molecule has 0 bridgehead atoms. The number of carbonyl (C=O) groups is 3. The molecule has 1 aromatic carbocycles. The summed E-state index contributed by atoms with van der Waals surface area (Å²) in [5, 5.41) is 2.63.